The van der Waals surface area contributed by atoms with Gasteiger partial charge in [-0.3, -0.25) is 9.10 Å². The van der Waals surface area contributed by atoms with E-state index in [2.05, 4.69) is 10.5 Å². The predicted octanol–water partition coefficient (Wildman–Crippen LogP) is 4.35. The smallest absolute Gasteiger partial charge is 0.336 e. The predicted molar refractivity (Wildman–Crippen MR) is 131 cm³/mol. The molecule has 0 spiro atoms. The van der Waals surface area contributed by atoms with Gasteiger partial charge in [0.15, 0.2) is 0 Å². The molecule has 0 unspecified atom stereocenters. The zero-order valence-electron chi connectivity index (χ0n) is 17.8. The largest absolute Gasteiger partial charge is 0.478 e. The van der Waals surface area contributed by atoms with Crippen LogP contribution in [0.1, 0.15) is 21.5 Å². The third-order valence-corrected chi connectivity index (χ3v) is 6.84. The zero-order valence-corrected chi connectivity index (χ0v) is 20.1. The molecule has 3 aromatic rings. The van der Waals surface area contributed by atoms with Crippen LogP contribution in [0.15, 0.2) is 76.7 Å². The number of nitrogens with one attached hydrogen (secondary N) is 1. The second-order valence-electron chi connectivity index (χ2n) is 7.14. The van der Waals surface area contributed by atoms with Crippen LogP contribution in [-0.2, 0) is 14.8 Å². The van der Waals surface area contributed by atoms with Gasteiger partial charge in [0.25, 0.3) is 15.9 Å². The first kappa shape index (κ1) is 25.2. The molecule has 0 fully saturated rings. The molecule has 3 rings (SSSR count). The molecular formula is C23H19Cl2N3O5S. The van der Waals surface area contributed by atoms with Crippen LogP contribution < -0.4 is 9.73 Å². The first-order valence-electron chi connectivity index (χ1n) is 9.77. The lowest BCUT2D eigenvalue weighted by Crippen LogP contribution is -2.39. The summed E-state index contributed by atoms with van der Waals surface area (Å²) < 4.78 is 27.6. The van der Waals surface area contributed by atoms with Gasteiger partial charge in [-0.1, -0.05) is 59.1 Å². The summed E-state index contributed by atoms with van der Waals surface area (Å²) in [6.07, 6.45) is 1.16. The fourth-order valence-corrected chi connectivity index (χ4v) is 4.90. The second kappa shape index (κ2) is 10.7. The fourth-order valence-electron chi connectivity index (χ4n) is 2.98. The van der Waals surface area contributed by atoms with Crippen molar-refractivity contribution >= 4 is 57.0 Å². The van der Waals surface area contributed by atoms with Gasteiger partial charge in [-0.2, -0.15) is 5.10 Å². The number of carbonyl (C=O) groups excluding carboxylic acids is 1. The standard InChI is InChI=1S/C23H19Cl2N3O5S/c1-15-6-8-20(9-7-15)34(32,33)28(19-11-17(24)10-18(25)12-19)14-22(29)27-26-13-16-4-2-3-5-21(16)23(30)31/h2-13H,14H2,1H3,(H,27,29)(H,30,31)/b26-13-. The van der Waals surface area contributed by atoms with Gasteiger partial charge in [0.05, 0.1) is 22.4 Å². The number of rotatable bonds is 8. The van der Waals surface area contributed by atoms with Crippen molar-refractivity contribution in [2.24, 2.45) is 5.10 Å². The molecule has 11 heteroatoms. The summed E-state index contributed by atoms with van der Waals surface area (Å²) in [4.78, 5) is 23.9. The Morgan fingerprint density at radius 2 is 1.65 bits per heavy atom. The highest BCUT2D eigenvalue weighted by molar-refractivity contribution is 7.92. The first-order valence-corrected chi connectivity index (χ1v) is 12.0. The average Bonchev–Trinajstić information content (AvgIpc) is 2.77. The molecule has 0 aliphatic rings. The van der Waals surface area contributed by atoms with Crippen LogP contribution >= 0.6 is 23.2 Å². The number of nitrogens with zero attached hydrogens (tertiary/aromatic N) is 2. The van der Waals surface area contributed by atoms with E-state index in [9.17, 15) is 23.1 Å². The summed E-state index contributed by atoms with van der Waals surface area (Å²) in [5.41, 5.74) is 3.44. The van der Waals surface area contributed by atoms with Crippen LogP contribution in [0.4, 0.5) is 5.69 Å². The van der Waals surface area contributed by atoms with Gasteiger partial charge in [-0.15, -0.1) is 0 Å². The number of carboxylic acids is 1. The lowest BCUT2D eigenvalue weighted by molar-refractivity contribution is -0.119. The number of benzene rings is 3. The Balaban J connectivity index is 1.89. The van der Waals surface area contributed by atoms with E-state index < -0.39 is 28.4 Å². The summed E-state index contributed by atoms with van der Waals surface area (Å²) in [7, 11) is -4.17. The maximum atomic E-state index is 13.4. The number of carbonyl (C=O) groups is 2. The Morgan fingerprint density at radius 3 is 2.26 bits per heavy atom. The van der Waals surface area contributed by atoms with Crippen LogP contribution in [-0.4, -0.2) is 38.2 Å². The normalized spacial score (nSPS) is 11.4. The molecule has 1 amide bonds. The average molecular weight is 520 g/mol. The van der Waals surface area contributed by atoms with Crippen molar-refractivity contribution in [3.63, 3.8) is 0 Å². The zero-order chi connectivity index (χ0) is 24.9. The minimum atomic E-state index is -4.17. The molecule has 34 heavy (non-hydrogen) atoms. The molecule has 0 bridgehead atoms. The number of amides is 1. The van der Waals surface area contributed by atoms with Gasteiger partial charge < -0.3 is 5.11 Å². The van der Waals surface area contributed by atoms with Crippen molar-refractivity contribution in [1.82, 2.24) is 5.43 Å². The number of halogens is 2. The van der Waals surface area contributed by atoms with E-state index >= 15 is 0 Å². The van der Waals surface area contributed by atoms with E-state index in [4.69, 9.17) is 23.2 Å². The van der Waals surface area contributed by atoms with Gasteiger partial charge in [0.1, 0.15) is 6.54 Å². The number of anilines is 1. The molecular weight excluding hydrogens is 501 g/mol. The van der Waals surface area contributed by atoms with Crippen LogP contribution in [0, 0.1) is 6.92 Å². The Labute approximate surface area is 206 Å². The Morgan fingerprint density at radius 1 is 1.03 bits per heavy atom. The van der Waals surface area contributed by atoms with E-state index in [0.717, 1.165) is 16.1 Å². The molecule has 176 valence electrons. The van der Waals surface area contributed by atoms with Gasteiger partial charge in [-0.05, 0) is 43.3 Å². The number of carboxylic acid groups (broad SMARTS) is 1. The number of hydrogen-bond donors (Lipinski definition) is 2. The molecule has 0 saturated heterocycles. The molecule has 0 aromatic heterocycles. The van der Waals surface area contributed by atoms with E-state index in [-0.39, 0.29) is 31.8 Å². The van der Waals surface area contributed by atoms with E-state index in [1.807, 2.05) is 6.92 Å². The summed E-state index contributed by atoms with van der Waals surface area (Å²) >= 11 is 12.1. The molecule has 0 aliphatic carbocycles. The van der Waals surface area contributed by atoms with Crippen LogP contribution in [0.25, 0.3) is 0 Å². The number of hydrazone groups is 1. The number of sulfonamides is 1. The van der Waals surface area contributed by atoms with Crippen LogP contribution in [0.3, 0.4) is 0 Å². The Bertz CT molecular complexity index is 1340. The number of hydrogen-bond acceptors (Lipinski definition) is 5. The van der Waals surface area contributed by atoms with E-state index in [1.165, 1.54) is 42.5 Å². The monoisotopic (exact) mass is 519 g/mol. The maximum Gasteiger partial charge on any atom is 0.336 e. The molecule has 3 aromatic carbocycles. The third-order valence-electron chi connectivity index (χ3n) is 4.62. The summed E-state index contributed by atoms with van der Waals surface area (Å²) in [6.45, 7) is 1.18. The lowest BCUT2D eigenvalue weighted by Gasteiger charge is -2.24. The molecule has 0 saturated carbocycles. The number of aromatic carboxylic acids is 1. The lowest BCUT2D eigenvalue weighted by atomic mass is 10.1. The van der Waals surface area contributed by atoms with E-state index in [1.54, 1.807) is 24.3 Å². The highest BCUT2D eigenvalue weighted by Gasteiger charge is 2.27. The van der Waals surface area contributed by atoms with Crippen molar-refractivity contribution in [3.8, 4) is 0 Å². The highest BCUT2D eigenvalue weighted by Crippen LogP contribution is 2.29. The molecule has 0 atom stereocenters. The summed E-state index contributed by atoms with van der Waals surface area (Å²) in [5, 5.41) is 13.4. The fraction of sp³-hybridized carbons (Fsp3) is 0.0870. The minimum Gasteiger partial charge on any atom is -0.478 e. The summed E-state index contributed by atoms with van der Waals surface area (Å²) in [6, 6.07) is 16.4. The number of aryl methyl sites for hydroxylation is 1. The van der Waals surface area contributed by atoms with Crippen LogP contribution in [0.2, 0.25) is 10.0 Å². The first-order chi connectivity index (χ1) is 16.1. The minimum absolute atomic E-state index is 0.00218. The SMILES string of the molecule is Cc1ccc(S(=O)(=O)N(CC(=O)N/N=C\c2ccccc2C(=O)O)c2cc(Cl)cc(Cl)c2)cc1. The van der Waals surface area contributed by atoms with Gasteiger partial charge in [-0.25, -0.2) is 18.6 Å². The van der Waals surface area contributed by atoms with Gasteiger partial charge in [0, 0.05) is 15.6 Å². The third kappa shape index (κ3) is 6.13. The Kier molecular flexibility index (Phi) is 7.93. The molecule has 0 heterocycles. The second-order valence-corrected chi connectivity index (χ2v) is 9.87. The quantitative estimate of drug-likeness (QED) is 0.339. The van der Waals surface area contributed by atoms with Gasteiger partial charge in [0.2, 0.25) is 0 Å². The summed E-state index contributed by atoms with van der Waals surface area (Å²) in [5.74, 6) is -1.92. The van der Waals surface area contributed by atoms with Crippen molar-refractivity contribution < 1.29 is 23.1 Å². The molecule has 0 radical (unpaired) electrons. The van der Waals surface area contributed by atoms with Crippen molar-refractivity contribution in [3.05, 3.63) is 93.5 Å². The maximum absolute atomic E-state index is 13.4. The highest BCUT2D eigenvalue weighted by atomic mass is 35.5. The van der Waals surface area contributed by atoms with Gasteiger partial charge >= 0.3 is 5.97 Å². The topological polar surface area (TPSA) is 116 Å². The molecule has 2 N–H and O–H groups in total. The van der Waals surface area contributed by atoms with Crippen molar-refractivity contribution in [2.75, 3.05) is 10.8 Å². The van der Waals surface area contributed by atoms with Crippen molar-refractivity contribution in [1.29, 1.82) is 0 Å². The Hall–Kier alpha value is -3.40. The van der Waals surface area contributed by atoms with E-state index in [0.29, 0.717) is 0 Å². The van der Waals surface area contributed by atoms with Crippen LogP contribution in [0.5, 0.6) is 0 Å². The van der Waals surface area contributed by atoms with Crippen molar-refractivity contribution in [2.45, 2.75) is 11.8 Å². The molecule has 0 aliphatic heterocycles. The molecule has 8 nitrogen and oxygen atoms in total.